The van der Waals surface area contributed by atoms with Crippen LogP contribution in [0.5, 0.6) is 11.5 Å². The quantitative estimate of drug-likeness (QED) is 0.526. The molecule has 1 amide bonds. The second kappa shape index (κ2) is 9.67. The Morgan fingerprint density at radius 2 is 1.62 bits per heavy atom. The van der Waals surface area contributed by atoms with Crippen molar-refractivity contribution in [2.24, 2.45) is 11.3 Å². The van der Waals surface area contributed by atoms with Gasteiger partial charge >= 0.3 is 0 Å². The number of rotatable bonds is 8. The van der Waals surface area contributed by atoms with Gasteiger partial charge in [0.25, 0.3) is 0 Å². The van der Waals surface area contributed by atoms with E-state index in [1.54, 1.807) is 14.2 Å². The van der Waals surface area contributed by atoms with Crippen LogP contribution in [0.4, 0.5) is 0 Å². The zero-order valence-electron chi connectivity index (χ0n) is 20.2. The van der Waals surface area contributed by atoms with Gasteiger partial charge in [-0.25, -0.2) is 0 Å². The van der Waals surface area contributed by atoms with Crippen LogP contribution in [-0.4, -0.2) is 44.7 Å². The van der Waals surface area contributed by atoms with E-state index in [4.69, 9.17) is 9.47 Å². The van der Waals surface area contributed by atoms with Gasteiger partial charge in [-0.2, -0.15) is 0 Å². The third kappa shape index (κ3) is 4.49. The second-order valence-corrected chi connectivity index (χ2v) is 9.72. The third-order valence-corrected chi connectivity index (χ3v) is 7.83. The van der Waals surface area contributed by atoms with Crippen molar-refractivity contribution < 1.29 is 14.3 Å². The molecule has 1 spiro atoms. The summed E-state index contributed by atoms with van der Waals surface area (Å²) in [4.78, 5) is 15.4. The molecule has 34 heavy (non-hydrogen) atoms. The maximum absolute atomic E-state index is 12.8. The van der Waals surface area contributed by atoms with Crippen LogP contribution in [0.15, 0.2) is 60.7 Å². The molecule has 178 valence electrons. The molecule has 1 atom stereocenters. The van der Waals surface area contributed by atoms with Crippen LogP contribution in [0.3, 0.4) is 0 Å². The molecule has 1 saturated heterocycles. The number of fused-ring (bicyclic) bond motifs is 1. The summed E-state index contributed by atoms with van der Waals surface area (Å²) in [6, 6.07) is 20.8. The molecule has 1 N–H and O–H groups in total. The van der Waals surface area contributed by atoms with E-state index in [-0.39, 0.29) is 17.2 Å². The molecule has 3 aromatic rings. The van der Waals surface area contributed by atoms with Gasteiger partial charge in [-0.05, 0) is 72.8 Å². The number of benzene rings is 3. The van der Waals surface area contributed by atoms with Crippen molar-refractivity contribution in [1.29, 1.82) is 0 Å². The highest BCUT2D eigenvalue weighted by Gasteiger charge is 2.58. The molecule has 1 heterocycles. The molecule has 2 fully saturated rings. The molecule has 3 aromatic carbocycles. The summed E-state index contributed by atoms with van der Waals surface area (Å²) in [6.45, 7) is 3.69. The van der Waals surface area contributed by atoms with E-state index in [2.05, 4.69) is 52.7 Å². The molecule has 5 heteroatoms. The van der Waals surface area contributed by atoms with Crippen molar-refractivity contribution in [3.05, 3.63) is 71.8 Å². The summed E-state index contributed by atoms with van der Waals surface area (Å²) in [7, 11) is 3.42. The molecule has 0 unspecified atom stereocenters. The Labute approximate surface area is 202 Å². The van der Waals surface area contributed by atoms with E-state index in [9.17, 15) is 4.79 Å². The largest absolute Gasteiger partial charge is 0.496 e. The van der Waals surface area contributed by atoms with Gasteiger partial charge in [0.05, 0.1) is 14.2 Å². The molecule has 1 aliphatic heterocycles. The number of hydrogen-bond acceptors (Lipinski definition) is 4. The van der Waals surface area contributed by atoms with Crippen LogP contribution >= 0.6 is 0 Å². The smallest absolute Gasteiger partial charge is 0.223 e. The van der Waals surface area contributed by atoms with E-state index >= 15 is 0 Å². The Hall–Kier alpha value is -3.05. The Morgan fingerprint density at radius 3 is 2.38 bits per heavy atom. The fourth-order valence-electron chi connectivity index (χ4n) is 5.67. The van der Waals surface area contributed by atoms with Crippen molar-refractivity contribution in [1.82, 2.24) is 10.2 Å². The van der Waals surface area contributed by atoms with Gasteiger partial charge in [-0.3, -0.25) is 9.69 Å². The first-order valence-electron chi connectivity index (χ1n) is 12.3. The minimum Gasteiger partial charge on any atom is -0.496 e. The molecule has 0 bridgehead atoms. The predicted molar refractivity (Wildman–Crippen MR) is 135 cm³/mol. The van der Waals surface area contributed by atoms with Gasteiger partial charge in [0.15, 0.2) is 0 Å². The number of amides is 1. The van der Waals surface area contributed by atoms with Gasteiger partial charge in [0, 0.05) is 24.4 Å². The van der Waals surface area contributed by atoms with E-state index in [1.807, 2.05) is 18.2 Å². The van der Waals surface area contributed by atoms with Gasteiger partial charge in [-0.15, -0.1) is 0 Å². The van der Waals surface area contributed by atoms with Gasteiger partial charge in [0.1, 0.15) is 11.5 Å². The first-order valence-corrected chi connectivity index (χ1v) is 12.3. The van der Waals surface area contributed by atoms with Crippen LogP contribution in [0.25, 0.3) is 10.8 Å². The summed E-state index contributed by atoms with van der Waals surface area (Å²) >= 11 is 0. The van der Waals surface area contributed by atoms with Crippen LogP contribution < -0.4 is 14.8 Å². The molecule has 1 saturated carbocycles. The second-order valence-electron chi connectivity index (χ2n) is 9.72. The molecule has 5 rings (SSSR count). The Kier molecular flexibility index (Phi) is 6.46. The monoisotopic (exact) mass is 458 g/mol. The molecular formula is C29H34N2O3. The molecule has 2 aliphatic rings. The lowest BCUT2D eigenvalue weighted by atomic mass is 9.90. The normalized spacial score (nSPS) is 19.2. The summed E-state index contributed by atoms with van der Waals surface area (Å²) < 4.78 is 11.0. The number of nitrogens with one attached hydrogen (secondary N) is 1. The zero-order valence-corrected chi connectivity index (χ0v) is 20.2. The number of piperidine rings is 1. The fourth-order valence-corrected chi connectivity index (χ4v) is 5.67. The Bertz CT molecular complexity index is 1170. The summed E-state index contributed by atoms with van der Waals surface area (Å²) in [6.07, 6.45) is 4.03. The highest BCUT2D eigenvalue weighted by molar-refractivity contribution is 5.91. The number of ether oxygens (including phenoxy) is 2. The van der Waals surface area contributed by atoms with E-state index in [0.29, 0.717) is 6.54 Å². The first-order chi connectivity index (χ1) is 16.6. The highest BCUT2D eigenvalue weighted by Crippen LogP contribution is 2.59. The van der Waals surface area contributed by atoms with Crippen LogP contribution in [0, 0.1) is 11.3 Å². The average molecular weight is 459 g/mol. The van der Waals surface area contributed by atoms with Gasteiger partial charge < -0.3 is 14.8 Å². The van der Waals surface area contributed by atoms with Crippen molar-refractivity contribution in [3.8, 4) is 11.5 Å². The highest BCUT2D eigenvalue weighted by atomic mass is 16.5. The van der Waals surface area contributed by atoms with E-state index < -0.39 is 0 Å². The van der Waals surface area contributed by atoms with E-state index in [1.165, 1.54) is 16.3 Å². The third-order valence-electron chi connectivity index (χ3n) is 7.83. The number of likely N-dealkylation sites (tertiary alicyclic amines) is 1. The lowest BCUT2D eigenvalue weighted by Gasteiger charge is -2.33. The summed E-state index contributed by atoms with van der Waals surface area (Å²) in [5, 5.41) is 5.61. The molecule has 0 radical (unpaired) electrons. The number of para-hydroxylation sites is 1. The number of methoxy groups -OCH3 is 2. The van der Waals surface area contributed by atoms with Crippen molar-refractivity contribution >= 4 is 16.7 Å². The standard InChI is InChI=1S/C29H34N2O3/c1-33-26-10-6-3-7-21(26)13-16-30-28(32)25-19-29(25)14-17-31(18-15-29)20-22-11-12-27(34-2)24-9-5-4-8-23(22)24/h3-12,25H,13-20H2,1-2H3,(H,30,32)/t25-/m0/s1. The van der Waals surface area contributed by atoms with Crippen LogP contribution in [0.2, 0.25) is 0 Å². The lowest BCUT2D eigenvalue weighted by Crippen LogP contribution is -2.37. The Balaban J connectivity index is 1.13. The van der Waals surface area contributed by atoms with Gasteiger partial charge in [0.2, 0.25) is 5.91 Å². The number of carbonyl (C=O) groups excluding carboxylic acids is 1. The molecule has 5 nitrogen and oxygen atoms in total. The summed E-state index contributed by atoms with van der Waals surface area (Å²) in [5.74, 6) is 2.21. The van der Waals surface area contributed by atoms with Crippen LogP contribution in [0.1, 0.15) is 30.4 Å². The molecular weight excluding hydrogens is 424 g/mol. The first kappa shape index (κ1) is 22.7. The van der Waals surface area contributed by atoms with Crippen molar-refractivity contribution in [2.45, 2.75) is 32.2 Å². The molecule has 0 aromatic heterocycles. The zero-order chi connectivity index (χ0) is 23.5. The number of carbonyl (C=O) groups is 1. The maximum atomic E-state index is 12.8. The van der Waals surface area contributed by atoms with E-state index in [0.717, 1.165) is 62.4 Å². The summed E-state index contributed by atoms with van der Waals surface area (Å²) in [5.41, 5.74) is 2.69. The fraction of sp³-hybridized carbons (Fsp3) is 0.414. The number of nitrogens with zero attached hydrogens (tertiary/aromatic N) is 1. The maximum Gasteiger partial charge on any atom is 0.223 e. The minimum absolute atomic E-state index is 0.175. The topological polar surface area (TPSA) is 50.8 Å². The number of hydrogen-bond donors (Lipinski definition) is 1. The molecule has 1 aliphatic carbocycles. The average Bonchev–Trinajstić information content (AvgIpc) is 3.59. The van der Waals surface area contributed by atoms with Crippen molar-refractivity contribution in [2.75, 3.05) is 33.9 Å². The Morgan fingerprint density at radius 1 is 0.912 bits per heavy atom. The predicted octanol–water partition coefficient (Wildman–Crippen LogP) is 4.82. The van der Waals surface area contributed by atoms with Crippen LogP contribution in [-0.2, 0) is 17.8 Å². The minimum atomic E-state index is 0.175. The lowest BCUT2D eigenvalue weighted by molar-refractivity contribution is -0.123. The SMILES string of the molecule is COc1ccccc1CCNC(=O)[C@@H]1CC12CCN(Cc1ccc(OC)c3ccccc13)CC2. The van der Waals surface area contributed by atoms with Gasteiger partial charge in [-0.1, -0.05) is 48.5 Å². The van der Waals surface area contributed by atoms with Crippen molar-refractivity contribution in [3.63, 3.8) is 0 Å².